The molecule has 0 aromatic heterocycles. The highest BCUT2D eigenvalue weighted by Gasteiger charge is 2.41. The first-order chi connectivity index (χ1) is 7.10. The Balaban J connectivity index is 2.50. The quantitative estimate of drug-likeness (QED) is 0.859. The van der Waals surface area contributed by atoms with E-state index in [0.717, 1.165) is 25.0 Å². The molecule has 0 amide bonds. The van der Waals surface area contributed by atoms with Gasteiger partial charge in [0.2, 0.25) is 0 Å². The molecule has 0 unspecified atom stereocenters. The summed E-state index contributed by atoms with van der Waals surface area (Å²) in [6.45, 7) is 2.12. The molecular weight excluding hydrogens is 210 g/mol. The molecule has 0 aliphatic heterocycles. The summed E-state index contributed by atoms with van der Waals surface area (Å²) in [5.74, 6) is 0.738. The lowest BCUT2D eigenvalue weighted by Gasteiger charge is -2.16. The van der Waals surface area contributed by atoms with Gasteiger partial charge in [-0.3, -0.25) is 0 Å². The van der Waals surface area contributed by atoms with Gasteiger partial charge in [0.05, 0.1) is 12.1 Å². The number of rotatable bonds is 3. The average Bonchev–Trinajstić information content (AvgIpc) is 2.97. The lowest BCUT2D eigenvalue weighted by atomic mass is 9.97. The summed E-state index contributed by atoms with van der Waals surface area (Å²) in [4.78, 5) is 0. The van der Waals surface area contributed by atoms with Crippen LogP contribution in [0.4, 0.5) is 0 Å². The molecule has 1 aliphatic carbocycles. The number of hydrogen-bond donors (Lipinski definition) is 1. The smallest absolute Gasteiger partial charge is 0.137 e. The van der Waals surface area contributed by atoms with E-state index in [0.29, 0.717) is 5.02 Å². The van der Waals surface area contributed by atoms with E-state index in [1.165, 1.54) is 11.1 Å². The highest BCUT2D eigenvalue weighted by Crippen LogP contribution is 2.46. The van der Waals surface area contributed by atoms with Crippen molar-refractivity contribution >= 4 is 11.6 Å². The van der Waals surface area contributed by atoms with Gasteiger partial charge in [0.1, 0.15) is 5.75 Å². The third-order valence-corrected chi connectivity index (χ3v) is 3.38. The molecule has 1 fully saturated rings. The average molecular weight is 226 g/mol. The summed E-state index contributed by atoms with van der Waals surface area (Å²) in [6, 6.07) is 3.97. The normalized spacial score (nSPS) is 17.6. The molecule has 0 heterocycles. The Bertz CT molecular complexity index is 385. The van der Waals surface area contributed by atoms with E-state index in [1.54, 1.807) is 7.11 Å². The summed E-state index contributed by atoms with van der Waals surface area (Å²) < 4.78 is 5.20. The van der Waals surface area contributed by atoms with E-state index in [9.17, 15) is 0 Å². The van der Waals surface area contributed by atoms with Crippen molar-refractivity contribution in [2.24, 2.45) is 5.73 Å². The fraction of sp³-hybridized carbons (Fsp3) is 0.500. The Morgan fingerprint density at radius 1 is 1.47 bits per heavy atom. The predicted octanol–water partition coefficient (Wildman–Crippen LogP) is 2.86. The third-order valence-electron chi connectivity index (χ3n) is 3.08. The zero-order chi connectivity index (χ0) is 11.1. The van der Waals surface area contributed by atoms with Crippen molar-refractivity contribution in [3.63, 3.8) is 0 Å². The summed E-state index contributed by atoms with van der Waals surface area (Å²) in [7, 11) is 1.63. The van der Waals surface area contributed by atoms with Crippen LogP contribution in [-0.2, 0) is 12.0 Å². The molecule has 0 bridgehead atoms. The van der Waals surface area contributed by atoms with Gasteiger partial charge in [-0.25, -0.2) is 0 Å². The molecule has 3 heteroatoms. The first kappa shape index (κ1) is 10.8. The molecular formula is C12H16ClNO. The second-order valence-corrected chi connectivity index (χ2v) is 4.56. The molecule has 0 spiro atoms. The topological polar surface area (TPSA) is 35.2 Å². The lowest BCUT2D eigenvalue weighted by molar-refractivity contribution is 0.414. The minimum Gasteiger partial charge on any atom is -0.495 e. The Labute approximate surface area is 95.4 Å². The number of ether oxygens (including phenoxy) is 1. The van der Waals surface area contributed by atoms with Crippen molar-refractivity contribution in [2.45, 2.75) is 31.7 Å². The van der Waals surface area contributed by atoms with Crippen molar-refractivity contribution in [3.8, 4) is 5.75 Å². The van der Waals surface area contributed by atoms with Crippen LogP contribution in [0.3, 0.4) is 0 Å². The Morgan fingerprint density at radius 3 is 2.60 bits per heavy atom. The van der Waals surface area contributed by atoms with Crippen molar-refractivity contribution < 1.29 is 4.74 Å². The molecule has 15 heavy (non-hydrogen) atoms. The van der Waals surface area contributed by atoms with E-state index in [-0.39, 0.29) is 5.54 Å². The van der Waals surface area contributed by atoms with E-state index in [4.69, 9.17) is 22.1 Å². The Hall–Kier alpha value is -0.730. The van der Waals surface area contributed by atoms with E-state index in [1.807, 2.05) is 12.1 Å². The largest absolute Gasteiger partial charge is 0.495 e. The zero-order valence-electron chi connectivity index (χ0n) is 9.14. The van der Waals surface area contributed by atoms with E-state index in [2.05, 4.69) is 6.92 Å². The first-order valence-corrected chi connectivity index (χ1v) is 5.64. The molecule has 2 N–H and O–H groups in total. The summed E-state index contributed by atoms with van der Waals surface area (Å²) >= 11 is 6.11. The molecule has 1 aromatic carbocycles. The number of aryl methyl sites for hydroxylation is 1. The van der Waals surface area contributed by atoms with Crippen LogP contribution >= 0.6 is 11.6 Å². The summed E-state index contributed by atoms with van der Waals surface area (Å²) in [5, 5.41) is 0.654. The minimum absolute atomic E-state index is 0.124. The van der Waals surface area contributed by atoms with Crippen LogP contribution in [0.25, 0.3) is 0 Å². The molecule has 1 aromatic rings. The lowest BCUT2D eigenvalue weighted by Crippen LogP contribution is -2.20. The summed E-state index contributed by atoms with van der Waals surface area (Å²) in [6.07, 6.45) is 3.08. The fourth-order valence-corrected chi connectivity index (χ4v) is 2.15. The van der Waals surface area contributed by atoms with Gasteiger partial charge in [0, 0.05) is 5.54 Å². The van der Waals surface area contributed by atoms with Gasteiger partial charge in [-0.2, -0.15) is 0 Å². The molecule has 0 atom stereocenters. The van der Waals surface area contributed by atoms with Crippen LogP contribution in [0.1, 0.15) is 30.9 Å². The molecule has 1 aliphatic rings. The monoisotopic (exact) mass is 225 g/mol. The van der Waals surface area contributed by atoms with Crippen molar-refractivity contribution in [1.29, 1.82) is 0 Å². The van der Waals surface area contributed by atoms with Crippen LogP contribution in [-0.4, -0.2) is 7.11 Å². The van der Waals surface area contributed by atoms with Gasteiger partial charge < -0.3 is 10.5 Å². The zero-order valence-corrected chi connectivity index (χ0v) is 9.90. The molecule has 82 valence electrons. The minimum atomic E-state index is -0.124. The van der Waals surface area contributed by atoms with E-state index < -0.39 is 0 Å². The number of halogens is 1. The maximum Gasteiger partial charge on any atom is 0.137 e. The summed E-state index contributed by atoms with van der Waals surface area (Å²) in [5.41, 5.74) is 8.52. The van der Waals surface area contributed by atoms with Gasteiger partial charge in [-0.15, -0.1) is 0 Å². The first-order valence-electron chi connectivity index (χ1n) is 5.26. The van der Waals surface area contributed by atoms with E-state index >= 15 is 0 Å². The van der Waals surface area contributed by atoms with Crippen molar-refractivity contribution in [3.05, 3.63) is 28.3 Å². The van der Waals surface area contributed by atoms with Gasteiger partial charge in [0.15, 0.2) is 0 Å². The van der Waals surface area contributed by atoms with Crippen molar-refractivity contribution in [2.75, 3.05) is 7.11 Å². The van der Waals surface area contributed by atoms with Gasteiger partial charge in [-0.1, -0.05) is 18.5 Å². The third kappa shape index (κ3) is 1.84. The van der Waals surface area contributed by atoms with Crippen LogP contribution in [0.15, 0.2) is 12.1 Å². The molecule has 2 rings (SSSR count). The van der Waals surface area contributed by atoms with Crippen LogP contribution in [0, 0.1) is 0 Å². The number of hydrogen-bond acceptors (Lipinski definition) is 2. The maximum absolute atomic E-state index is 6.21. The highest BCUT2D eigenvalue weighted by molar-refractivity contribution is 6.32. The fourth-order valence-electron chi connectivity index (χ4n) is 1.91. The van der Waals surface area contributed by atoms with Crippen LogP contribution in [0.5, 0.6) is 5.75 Å². The number of nitrogens with two attached hydrogens (primary N) is 1. The Kier molecular flexibility index (Phi) is 2.65. The van der Waals surface area contributed by atoms with Gasteiger partial charge in [0.25, 0.3) is 0 Å². The molecule has 0 saturated heterocycles. The second kappa shape index (κ2) is 3.69. The van der Waals surface area contributed by atoms with Crippen LogP contribution in [0.2, 0.25) is 5.02 Å². The molecule has 1 saturated carbocycles. The molecule has 2 nitrogen and oxygen atoms in total. The van der Waals surface area contributed by atoms with Gasteiger partial charge >= 0.3 is 0 Å². The van der Waals surface area contributed by atoms with Gasteiger partial charge in [-0.05, 0) is 42.5 Å². The van der Waals surface area contributed by atoms with Crippen LogP contribution < -0.4 is 10.5 Å². The molecule has 0 radical (unpaired) electrons. The number of methoxy groups -OCH3 is 1. The Morgan fingerprint density at radius 2 is 2.13 bits per heavy atom. The van der Waals surface area contributed by atoms with Crippen molar-refractivity contribution in [1.82, 2.24) is 0 Å². The number of benzene rings is 1. The second-order valence-electron chi connectivity index (χ2n) is 4.15. The standard InChI is InChI=1S/C12H16ClNO/c1-3-8-6-11(15-2)10(13)7-9(8)12(14)4-5-12/h6-7H,3-5,14H2,1-2H3. The maximum atomic E-state index is 6.21. The highest BCUT2D eigenvalue weighted by atomic mass is 35.5. The SMILES string of the molecule is CCc1cc(OC)c(Cl)cc1C1(N)CC1. The predicted molar refractivity (Wildman–Crippen MR) is 62.5 cm³/mol.